The van der Waals surface area contributed by atoms with Gasteiger partial charge in [0, 0.05) is 6.07 Å². The molecule has 2 heterocycles. The minimum Gasteiger partial charge on any atom is -0.711 e. The zero-order chi connectivity index (χ0) is 15.9. The Hall–Kier alpha value is -1.80. The third-order valence-electron chi connectivity index (χ3n) is 4.61. The summed E-state index contributed by atoms with van der Waals surface area (Å²) in [6.07, 6.45) is 7.61. The van der Waals surface area contributed by atoms with Crippen molar-refractivity contribution in [3.8, 4) is 6.07 Å². The highest BCUT2D eigenvalue weighted by molar-refractivity contribution is 5.40. The zero-order valence-electron chi connectivity index (χ0n) is 13.7. The van der Waals surface area contributed by atoms with Crippen molar-refractivity contribution >= 4 is 5.82 Å². The van der Waals surface area contributed by atoms with Crippen LogP contribution >= 0.6 is 0 Å². The molecule has 0 bridgehead atoms. The van der Waals surface area contributed by atoms with Crippen molar-refractivity contribution in [3.63, 3.8) is 0 Å². The summed E-state index contributed by atoms with van der Waals surface area (Å²) in [7, 11) is 4.11. The number of nitrogens with zero attached hydrogens (tertiary/aromatic N) is 4. The average Bonchev–Trinajstić information content (AvgIpc) is 2.53. The van der Waals surface area contributed by atoms with Gasteiger partial charge in [-0.2, -0.15) is 5.26 Å². The van der Waals surface area contributed by atoms with Crippen molar-refractivity contribution < 1.29 is 4.73 Å². The number of rotatable bonds is 6. The van der Waals surface area contributed by atoms with E-state index >= 15 is 0 Å². The number of anilines is 1. The molecule has 0 radical (unpaired) electrons. The van der Waals surface area contributed by atoms with Gasteiger partial charge in [0.05, 0.1) is 31.4 Å². The lowest BCUT2D eigenvalue weighted by molar-refractivity contribution is -0.592. The Bertz CT molecular complexity index is 518. The van der Waals surface area contributed by atoms with Gasteiger partial charge < -0.3 is 10.1 Å². The van der Waals surface area contributed by atoms with Crippen molar-refractivity contribution in [1.82, 2.24) is 4.90 Å². The van der Waals surface area contributed by atoms with Gasteiger partial charge in [-0.25, -0.2) is 4.73 Å². The summed E-state index contributed by atoms with van der Waals surface area (Å²) in [6, 6.07) is 5.28. The summed E-state index contributed by atoms with van der Waals surface area (Å²) < 4.78 is 0.831. The molecule has 22 heavy (non-hydrogen) atoms. The van der Waals surface area contributed by atoms with Gasteiger partial charge in [-0.1, -0.05) is 6.42 Å². The van der Waals surface area contributed by atoms with Crippen molar-refractivity contribution in [1.29, 1.82) is 5.26 Å². The van der Waals surface area contributed by atoms with Crippen LogP contribution in [0.15, 0.2) is 18.3 Å². The summed E-state index contributed by atoms with van der Waals surface area (Å²) in [5.74, 6) is 1.42. The molecule has 1 fully saturated rings. The minimum atomic E-state index is 0.528. The fraction of sp³-hybridized carbons (Fsp3) is 0.647. The lowest BCUT2D eigenvalue weighted by atomic mass is 9.92. The van der Waals surface area contributed by atoms with E-state index in [4.69, 9.17) is 5.26 Å². The maximum Gasteiger partial charge on any atom is 0.280 e. The molecule has 0 saturated carbocycles. The molecule has 0 aliphatic carbocycles. The van der Waals surface area contributed by atoms with Crippen LogP contribution < -0.4 is 9.63 Å². The standard InChI is InChI=1S/C17H26N4O/c1-19-10-6-15(7-11-19)5-3-4-9-20(2)17-13-16(14-18)8-12-21(17)22/h8,12-13,15H,3-7,9-11H2,1-2H3. The molecule has 0 aromatic carbocycles. The average molecular weight is 302 g/mol. The Morgan fingerprint density at radius 1 is 1.41 bits per heavy atom. The van der Waals surface area contributed by atoms with E-state index in [1.54, 1.807) is 12.1 Å². The second-order valence-electron chi connectivity index (χ2n) is 6.38. The van der Waals surface area contributed by atoms with E-state index in [2.05, 4.69) is 18.0 Å². The largest absolute Gasteiger partial charge is 0.711 e. The van der Waals surface area contributed by atoms with E-state index in [9.17, 15) is 5.21 Å². The number of aromatic nitrogens is 1. The van der Waals surface area contributed by atoms with Crippen molar-refractivity contribution in [3.05, 3.63) is 29.1 Å². The number of likely N-dealkylation sites (tertiary alicyclic amines) is 1. The molecule has 0 spiro atoms. The van der Waals surface area contributed by atoms with Crippen LogP contribution in [0.2, 0.25) is 0 Å². The van der Waals surface area contributed by atoms with Crippen molar-refractivity contribution in [2.75, 3.05) is 38.6 Å². The molecule has 0 N–H and O–H groups in total. The molecule has 1 saturated heterocycles. The fourth-order valence-corrected chi connectivity index (χ4v) is 3.07. The van der Waals surface area contributed by atoms with Gasteiger partial charge in [-0.3, -0.25) is 4.90 Å². The lowest BCUT2D eigenvalue weighted by Crippen LogP contribution is -2.36. The molecule has 2 rings (SSSR count). The quantitative estimate of drug-likeness (QED) is 0.459. The number of hydrogen-bond donors (Lipinski definition) is 0. The molecular formula is C17H26N4O. The van der Waals surface area contributed by atoms with Crippen LogP contribution in [-0.4, -0.2) is 38.6 Å². The highest BCUT2D eigenvalue weighted by atomic mass is 16.5. The number of unbranched alkanes of at least 4 members (excludes halogenated alkanes) is 1. The van der Waals surface area contributed by atoms with Crippen molar-refractivity contribution in [2.45, 2.75) is 32.1 Å². The van der Waals surface area contributed by atoms with Crippen LogP contribution in [0.1, 0.15) is 37.7 Å². The number of nitriles is 1. The van der Waals surface area contributed by atoms with E-state index in [0.717, 1.165) is 23.6 Å². The minimum absolute atomic E-state index is 0.528. The highest BCUT2D eigenvalue weighted by Crippen LogP contribution is 2.22. The summed E-state index contributed by atoms with van der Waals surface area (Å²) >= 11 is 0. The lowest BCUT2D eigenvalue weighted by Gasteiger charge is -2.28. The predicted molar refractivity (Wildman–Crippen MR) is 87.5 cm³/mol. The van der Waals surface area contributed by atoms with E-state index in [-0.39, 0.29) is 0 Å². The van der Waals surface area contributed by atoms with Crippen molar-refractivity contribution in [2.24, 2.45) is 5.92 Å². The maximum atomic E-state index is 11.8. The summed E-state index contributed by atoms with van der Waals surface area (Å²) in [5.41, 5.74) is 0.528. The topological polar surface area (TPSA) is 57.2 Å². The van der Waals surface area contributed by atoms with Gasteiger partial charge in [0.1, 0.15) is 0 Å². The Labute approximate surface area is 133 Å². The fourth-order valence-electron chi connectivity index (χ4n) is 3.07. The van der Waals surface area contributed by atoms with E-state index < -0.39 is 0 Å². The first-order chi connectivity index (χ1) is 10.6. The molecule has 0 unspecified atom stereocenters. The zero-order valence-corrected chi connectivity index (χ0v) is 13.7. The van der Waals surface area contributed by atoms with Crippen LogP contribution in [0.25, 0.3) is 0 Å². The maximum absolute atomic E-state index is 11.8. The van der Waals surface area contributed by atoms with Gasteiger partial charge in [0.15, 0.2) is 0 Å². The van der Waals surface area contributed by atoms with Crippen LogP contribution in [0, 0.1) is 22.5 Å². The Kier molecular flexibility index (Phi) is 6.02. The first-order valence-corrected chi connectivity index (χ1v) is 8.13. The predicted octanol–water partition coefficient (Wildman–Crippen LogP) is 2.14. The smallest absolute Gasteiger partial charge is 0.280 e. The molecule has 1 aromatic rings. The third-order valence-corrected chi connectivity index (χ3v) is 4.61. The number of pyridine rings is 1. The van der Waals surface area contributed by atoms with Gasteiger partial charge in [-0.05, 0) is 57.8 Å². The SMILES string of the molecule is CN1CCC(CCCCN(C)c2cc(C#N)cc[n+]2[O-])CC1. The molecule has 0 atom stereocenters. The summed E-state index contributed by atoms with van der Waals surface area (Å²) in [4.78, 5) is 4.35. The van der Waals surface area contributed by atoms with E-state index in [1.807, 2.05) is 11.9 Å². The Morgan fingerprint density at radius 3 is 2.82 bits per heavy atom. The number of piperidine rings is 1. The first kappa shape index (κ1) is 16.6. The second kappa shape index (κ2) is 8.00. The number of hydrogen-bond acceptors (Lipinski definition) is 4. The molecule has 5 nitrogen and oxygen atoms in total. The van der Waals surface area contributed by atoms with Gasteiger partial charge in [-0.15, -0.1) is 0 Å². The Morgan fingerprint density at radius 2 is 2.14 bits per heavy atom. The summed E-state index contributed by atoms with van der Waals surface area (Å²) in [5, 5.41) is 20.7. The van der Waals surface area contributed by atoms with E-state index in [0.29, 0.717) is 11.4 Å². The molecule has 5 heteroatoms. The van der Waals surface area contributed by atoms with Gasteiger partial charge in [0.2, 0.25) is 0 Å². The van der Waals surface area contributed by atoms with Crippen LogP contribution in [-0.2, 0) is 0 Å². The van der Waals surface area contributed by atoms with Gasteiger partial charge in [0.25, 0.3) is 5.82 Å². The van der Waals surface area contributed by atoms with Crippen LogP contribution in [0.5, 0.6) is 0 Å². The van der Waals surface area contributed by atoms with E-state index in [1.165, 1.54) is 45.0 Å². The first-order valence-electron chi connectivity index (χ1n) is 8.13. The summed E-state index contributed by atoms with van der Waals surface area (Å²) in [6.45, 7) is 3.30. The second-order valence-corrected chi connectivity index (χ2v) is 6.38. The van der Waals surface area contributed by atoms with Gasteiger partial charge >= 0.3 is 0 Å². The molecule has 0 amide bonds. The molecular weight excluding hydrogens is 276 g/mol. The third kappa shape index (κ3) is 4.60. The molecule has 1 aliphatic heterocycles. The van der Waals surface area contributed by atoms with Crippen LogP contribution in [0.4, 0.5) is 5.82 Å². The Balaban J connectivity index is 1.74. The molecule has 1 aromatic heterocycles. The highest BCUT2D eigenvalue weighted by Gasteiger charge is 2.17. The van der Waals surface area contributed by atoms with Crippen LogP contribution in [0.3, 0.4) is 0 Å². The monoisotopic (exact) mass is 302 g/mol. The molecule has 1 aliphatic rings. The molecule has 120 valence electrons. The normalized spacial score (nSPS) is 16.4.